The van der Waals surface area contributed by atoms with Crippen molar-refractivity contribution in [3.05, 3.63) is 69.8 Å². The van der Waals surface area contributed by atoms with Crippen molar-refractivity contribution in [1.29, 1.82) is 0 Å². The number of aromatic nitrogens is 1. The van der Waals surface area contributed by atoms with Gasteiger partial charge in [0.1, 0.15) is 6.04 Å². The number of hydrogen-bond acceptors (Lipinski definition) is 3. The van der Waals surface area contributed by atoms with Crippen LogP contribution in [0.1, 0.15) is 24.0 Å². The van der Waals surface area contributed by atoms with E-state index >= 15 is 0 Å². The van der Waals surface area contributed by atoms with Gasteiger partial charge in [0.25, 0.3) is 0 Å². The summed E-state index contributed by atoms with van der Waals surface area (Å²) in [5.74, 6) is -0.201. The molecule has 3 aromatic rings. The Bertz CT molecular complexity index is 1200. The van der Waals surface area contributed by atoms with Gasteiger partial charge in [0.2, 0.25) is 11.8 Å². The summed E-state index contributed by atoms with van der Waals surface area (Å²) in [5.41, 5.74) is 2.09. The average Bonchev–Trinajstić information content (AvgIpc) is 3.54. The third-order valence-electron chi connectivity index (χ3n) is 6.76. The van der Waals surface area contributed by atoms with Crippen LogP contribution < -0.4 is 10.6 Å². The van der Waals surface area contributed by atoms with Crippen LogP contribution in [0.2, 0.25) is 10.0 Å². The Morgan fingerprint density at radius 2 is 1.85 bits per heavy atom. The summed E-state index contributed by atoms with van der Waals surface area (Å²) < 4.78 is 0. The number of hydrogen-bond donors (Lipinski definition) is 3. The number of aromatic amines is 1. The first-order chi connectivity index (χ1) is 16.0. The Morgan fingerprint density at radius 1 is 1.09 bits per heavy atom. The van der Waals surface area contributed by atoms with E-state index in [9.17, 15) is 9.59 Å². The van der Waals surface area contributed by atoms with Crippen molar-refractivity contribution in [2.75, 3.05) is 26.2 Å². The van der Waals surface area contributed by atoms with Crippen LogP contribution in [-0.2, 0) is 21.4 Å². The number of H-pyrrole nitrogens is 1. The van der Waals surface area contributed by atoms with Crippen LogP contribution in [0, 0.1) is 0 Å². The number of nitrogens with one attached hydrogen (secondary N) is 3. The summed E-state index contributed by atoms with van der Waals surface area (Å²) in [4.78, 5) is 32.2. The second-order valence-electron chi connectivity index (χ2n) is 8.87. The number of carbonyl (C=O) groups is 2. The lowest BCUT2D eigenvalue weighted by Gasteiger charge is -2.32. The SMILES string of the molecule is O=C(C(Cc1c[nH]c2ccccc12)NC(=O)C1(c2ccc(Cl)cc2Cl)CC1)N1CCNCC1. The quantitative estimate of drug-likeness (QED) is 0.499. The molecule has 33 heavy (non-hydrogen) atoms. The van der Waals surface area contributed by atoms with E-state index in [0.29, 0.717) is 42.4 Å². The highest BCUT2D eigenvalue weighted by molar-refractivity contribution is 6.35. The molecule has 2 heterocycles. The van der Waals surface area contributed by atoms with Gasteiger partial charge in [-0.3, -0.25) is 9.59 Å². The summed E-state index contributed by atoms with van der Waals surface area (Å²) in [6.07, 6.45) is 3.74. The number of rotatable bonds is 6. The van der Waals surface area contributed by atoms with Crippen molar-refractivity contribution in [1.82, 2.24) is 20.5 Å². The maximum Gasteiger partial charge on any atom is 0.245 e. The van der Waals surface area contributed by atoms with Gasteiger partial charge < -0.3 is 20.5 Å². The zero-order chi connectivity index (χ0) is 23.0. The molecule has 1 aliphatic heterocycles. The number of carbonyl (C=O) groups excluding carboxylic acids is 2. The molecule has 1 aromatic heterocycles. The molecular weight excluding hydrogens is 459 g/mol. The van der Waals surface area contributed by atoms with Crippen molar-refractivity contribution in [2.45, 2.75) is 30.7 Å². The van der Waals surface area contributed by atoms with Crippen LogP contribution in [0.3, 0.4) is 0 Å². The van der Waals surface area contributed by atoms with E-state index in [-0.39, 0.29) is 11.8 Å². The predicted molar refractivity (Wildman–Crippen MR) is 131 cm³/mol. The fraction of sp³-hybridized carbons (Fsp3) is 0.360. The third kappa shape index (κ3) is 4.35. The molecule has 2 aromatic carbocycles. The van der Waals surface area contributed by atoms with Crippen molar-refractivity contribution < 1.29 is 9.59 Å². The summed E-state index contributed by atoms with van der Waals surface area (Å²) in [6, 6.07) is 12.6. The topological polar surface area (TPSA) is 77.2 Å². The minimum atomic E-state index is -0.704. The largest absolute Gasteiger partial charge is 0.361 e. The Balaban J connectivity index is 1.42. The predicted octanol–water partition coefficient (Wildman–Crippen LogP) is 3.67. The first-order valence-corrected chi connectivity index (χ1v) is 12.0. The molecular formula is C25H26Cl2N4O2. The lowest BCUT2D eigenvalue weighted by Crippen LogP contribution is -2.56. The maximum atomic E-state index is 13.6. The summed E-state index contributed by atoms with van der Waals surface area (Å²) >= 11 is 12.5. The molecule has 5 rings (SSSR count). The van der Waals surface area contributed by atoms with Gasteiger partial charge in [0, 0.05) is 59.7 Å². The van der Waals surface area contributed by atoms with Crippen LogP contribution in [0.4, 0.5) is 0 Å². The van der Waals surface area contributed by atoms with E-state index in [4.69, 9.17) is 23.2 Å². The normalized spacial score (nSPS) is 18.2. The van der Waals surface area contributed by atoms with E-state index < -0.39 is 11.5 Å². The minimum Gasteiger partial charge on any atom is -0.361 e. The number of para-hydroxylation sites is 1. The van der Waals surface area contributed by atoms with Gasteiger partial charge in [0.15, 0.2) is 0 Å². The molecule has 3 N–H and O–H groups in total. The number of fused-ring (bicyclic) bond motifs is 1. The Kier molecular flexibility index (Phi) is 6.08. The van der Waals surface area contributed by atoms with E-state index in [1.165, 1.54) is 0 Å². The van der Waals surface area contributed by atoms with E-state index in [1.54, 1.807) is 12.1 Å². The number of benzene rings is 2. The Labute approximate surface area is 202 Å². The van der Waals surface area contributed by atoms with Gasteiger partial charge in [0.05, 0.1) is 5.41 Å². The van der Waals surface area contributed by atoms with Crippen molar-refractivity contribution >= 4 is 45.9 Å². The van der Waals surface area contributed by atoms with E-state index in [0.717, 1.165) is 35.1 Å². The van der Waals surface area contributed by atoms with Gasteiger partial charge in [-0.25, -0.2) is 0 Å². The molecule has 172 valence electrons. The average molecular weight is 485 g/mol. The van der Waals surface area contributed by atoms with Gasteiger partial charge in [-0.1, -0.05) is 47.5 Å². The number of piperazine rings is 1. The molecule has 0 radical (unpaired) electrons. The van der Waals surface area contributed by atoms with Gasteiger partial charge >= 0.3 is 0 Å². The van der Waals surface area contributed by atoms with Crippen LogP contribution >= 0.6 is 23.2 Å². The zero-order valence-electron chi connectivity index (χ0n) is 18.2. The smallest absolute Gasteiger partial charge is 0.245 e. The van der Waals surface area contributed by atoms with Crippen LogP contribution in [0.5, 0.6) is 0 Å². The van der Waals surface area contributed by atoms with Gasteiger partial charge in [-0.2, -0.15) is 0 Å². The van der Waals surface area contributed by atoms with E-state index in [2.05, 4.69) is 15.6 Å². The fourth-order valence-electron chi connectivity index (χ4n) is 4.74. The molecule has 1 saturated heterocycles. The van der Waals surface area contributed by atoms with Crippen molar-refractivity contribution in [2.24, 2.45) is 0 Å². The second-order valence-corrected chi connectivity index (χ2v) is 9.71. The molecule has 2 fully saturated rings. The molecule has 8 heteroatoms. The highest BCUT2D eigenvalue weighted by atomic mass is 35.5. The van der Waals surface area contributed by atoms with Crippen LogP contribution in [0.25, 0.3) is 10.9 Å². The van der Waals surface area contributed by atoms with Gasteiger partial charge in [-0.05, 0) is 42.2 Å². The summed E-state index contributed by atoms with van der Waals surface area (Å²) in [6.45, 7) is 2.77. The molecule has 1 aliphatic carbocycles. The molecule has 6 nitrogen and oxygen atoms in total. The maximum absolute atomic E-state index is 13.6. The molecule has 2 aliphatic rings. The van der Waals surface area contributed by atoms with E-state index in [1.807, 2.05) is 41.4 Å². The highest BCUT2D eigenvalue weighted by Gasteiger charge is 2.53. The monoisotopic (exact) mass is 484 g/mol. The third-order valence-corrected chi connectivity index (χ3v) is 7.31. The van der Waals surface area contributed by atoms with Crippen molar-refractivity contribution in [3.8, 4) is 0 Å². The Hall–Kier alpha value is -2.54. The fourth-order valence-corrected chi connectivity index (χ4v) is 5.33. The second kappa shape index (κ2) is 9.01. The lowest BCUT2D eigenvalue weighted by molar-refractivity contribution is -0.137. The Morgan fingerprint density at radius 3 is 2.58 bits per heavy atom. The summed E-state index contributed by atoms with van der Waals surface area (Å²) in [5, 5.41) is 8.46. The molecule has 2 amide bonds. The lowest BCUT2D eigenvalue weighted by atomic mass is 9.93. The van der Waals surface area contributed by atoms with Crippen LogP contribution in [0.15, 0.2) is 48.7 Å². The van der Waals surface area contributed by atoms with Gasteiger partial charge in [-0.15, -0.1) is 0 Å². The first kappa shape index (κ1) is 22.3. The molecule has 1 saturated carbocycles. The molecule has 0 bridgehead atoms. The zero-order valence-corrected chi connectivity index (χ0v) is 19.7. The number of amides is 2. The molecule has 0 spiro atoms. The van der Waals surface area contributed by atoms with Crippen molar-refractivity contribution in [3.63, 3.8) is 0 Å². The minimum absolute atomic E-state index is 0.0480. The standard InChI is InChI=1S/C25H26Cl2N4O2/c26-17-5-6-19(20(27)14-17)25(7-8-25)24(33)30-22(23(32)31-11-9-28-10-12-31)13-16-15-29-21-4-2-1-3-18(16)21/h1-6,14-15,22,28-29H,7-13H2,(H,30,33). The number of halogens is 2. The number of nitrogens with zero attached hydrogens (tertiary/aromatic N) is 1. The molecule has 1 atom stereocenters. The highest BCUT2D eigenvalue weighted by Crippen LogP contribution is 2.51. The molecule has 1 unspecified atom stereocenters. The first-order valence-electron chi connectivity index (χ1n) is 11.3. The van der Waals surface area contributed by atoms with Crippen LogP contribution in [-0.4, -0.2) is 53.9 Å². The summed E-state index contributed by atoms with van der Waals surface area (Å²) in [7, 11) is 0.